The molecule has 2 saturated heterocycles. The molecule has 0 aromatic carbocycles. The summed E-state index contributed by atoms with van der Waals surface area (Å²) in [6.07, 6.45) is 5.96. The predicted molar refractivity (Wildman–Crippen MR) is 81.0 cm³/mol. The molecule has 2 heterocycles. The van der Waals surface area contributed by atoms with Crippen molar-refractivity contribution in [1.29, 1.82) is 0 Å². The highest BCUT2D eigenvalue weighted by molar-refractivity contribution is 5.80. The third-order valence-corrected chi connectivity index (χ3v) is 5.11. The summed E-state index contributed by atoms with van der Waals surface area (Å²) >= 11 is 0. The molecule has 2 N–H and O–H groups in total. The normalized spacial score (nSPS) is 27.0. The van der Waals surface area contributed by atoms with Crippen molar-refractivity contribution in [3.8, 4) is 0 Å². The molecular weight excluding hydrogens is 268 g/mol. The van der Waals surface area contributed by atoms with E-state index in [1.165, 1.54) is 0 Å². The van der Waals surface area contributed by atoms with E-state index in [0.29, 0.717) is 38.3 Å². The number of nitrogens with one attached hydrogen (secondary N) is 1. The van der Waals surface area contributed by atoms with Crippen LogP contribution >= 0.6 is 0 Å². The molecule has 2 aliphatic rings. The van der Waals surface area contributed by atoms with Crippen molar-refractivity contribution in [2.45, 2.75) is 51.9 Å². The second-order valence-corrected chi connectivity index (χ2v) is 6.63. The Bertz CT molecular complexity index is 380. The molecule has 0 bridgehead atoms. The summed E-state index contributed by atoms with van der Waals surface area (Å²) in [6, 6.07) is 0. The Labute approximate surface area is 127 Å². The fraction of sp³-hybridized carbons (Fsp3) is 0.875. The lowest BCUT2D eigenvalue weighted by molar-refractivity contribution is -0.149. The van der Waals surface area contributed by atoms with Crippen LogP contribution in [0.4, 0.5) is 0 Å². The summed E-state index contributed by atoms with van der Waals surface area (Å²) in [5, 5.41) is 12.8. The van der Waals surface area contributed by atoms with Crippen molar-refractivity contribution in [2.75, 3.05) is 26.2 Å². The van der Waals surface area contributed by atoms with Crippen LogP contribution in [-0.4, -0.2) is 48.1 Å². The third kappa shape index (κ3) is 3.96. The molecule has 1 atom stereocenters. The first-order valence-corrected chi connectivity index (χ1v) is 8.29. The van der Waals surface area contributed by atoms with Gasteiger partial charge in [0.2, 0.25) is 5.91 Å². The van der Waals surface area contributed by atoms with E-state index in [4.69, 9.17) is 0 Å². The smallest absolute Gasteiger partial charge is 0.311 e. The zero-order chi connectivity index (χ0) is 15.3. The van der Waals surface area contributed by atoms with Gasteiger partial charge in [-0.15, -0.1) is 0 Å². The Morgan fingerprint density at radius 3 is 2.67 bits per heavy atom. The van der Waals surface area contributed by atoms with E-state index >= 15 is 0 Å². The van der Waals surface area contributed by atoms with Crippen LogP contribution in [0.2, 0.25) is 0 Å². The highest BCUT2D eigenvalue weighted by Gasteiger charge is 2.45. The maximum Gasteiger partial charge on any atom is 0.311 e. The Morgan fingerprint density at radius 2 is 2.05 bits per heavy atom. The number of carbonyl (C=O) groups excluding carboxylic acids is 1. The van der Waals surface area contributed by atoms with Gasteiger partial charge >= 0.3 is 5.97 Å². The van der Waals surface area contributed by atoms with Crippen molar-refractivity contribution in [1.82, 2.24) is 10.2 Å². The molecule has 5 heteroatoms. The number of hydrogen-bond acceptors (Lipinski definition) is 3. The molecule has 0 aromatic heterocycles. The van der Waals surface area contributed by atoms with Crippen LogP contribution in [0.25, 0.3) is 0 Å². The van der Waals surface area contributed by atoms with Crippen LogP contribution in [0.5, 0.6) is 0 Å². The Kier molecular flexibility index (Phi) is 5.62. The van der Waals surface area contributed by atoms with Gasteiger partial charge in [0.15, 0.2) is 0 Å². The third-order valence-electron chi connectivity index (χ3n) is 5.11. The summed E-state index contributed by atoms with van der Waals surface area (Å²) in [5.74, 6) is 0.0587. The Balaban J connectivity index is 1.82. The number of likely N-dealkylation sites (tertiary alicyclic amines) is 1. The van der Waals surface area contributed by atoms with Crippen molar-refractivity contribution in [3.05, 3.63) is 0 Å². The first-order valence-electron chi connectivity index (χ1n) is 8.29. The van der Waals surface area contributed by atoms with Gasteiger partial charge in [-0.1, -0.05) is 13.3 Å². The van der Waals surface area contributed by atoms with E-state index in [1.807, 2.05) is 6.92 Å². The van der Waals surface area contributed by atoms with Crippen LogP contribution in [0, 0.1) is 11.3 Å². The second-order valence-electron chi connectivity index (χ2n) is 6.63. The lowest BCUT2D eigenvalue weighted by Crippen LogP contribution is -2.37. The molecule has 21 heavy (non-hydrogen) atoms. The summed E-state index contributed by atoms with van der Waals surface area (Å²) in [4.78, 5) is 25.6. The summed E-state index contributed by atoms with van der Waals surface area (Å²) in [6.45, 7) is 5.13. The average Bonchev–Trinajstić information content (AvgIpc) is 2.92. The molecule has 0 aliphatic carbocycles. The minimum atomic E-state index is -0.738. The fourth-order valence-electron chi connectivity index (χ4n) is 3.71. The lowest BCUT2D eigenvalue weighted by Gasteiger charge is -2.25. The van der Waals surface area contributed by atoms with Crippen molar-refractivity contribution in [2.24, 2.45) is 11.3 Å². The monoisotopic (exact) mass is 296 g/mol. The molecule has 2 rings (SSSR count). The summed E-state index contributed by atoms with van der Waals surface area (Å²) in [7, 11) is 0. The van der Waals surface area contributed by atoms with Gasteiger partial charge in [0, 0.05) is 19.5 Å². The van der Waals surface area contributed by atoms with Gasteiger partial charge in [-0.3, -0.25) is 9.59 Å². The van der Waals surface area contributed by atoms with Crippen LogP contribution in [0.1, 0.15) is 51.9 Å². The lowest BCUT2D eigenvalue weighted by atomic mass is 9.83. The van der Waals surface area contributed by atoms with Gasteiger partial charge in [0.1, 0.15) is 0 Å². The molecule has 0 saturated carbocycles. The fourth-order valence-corrected chi connectivity index (χ4v) is 3.71. The molecular formula is C16H28N2O3. The molecule has 0 spiro atoms. The number of nitrogens with zero attached hydrogens (tertiary/aromatic N) is 1. The van der Waals surface area contributed by atoms with Gasteiger partial charge in [0.05, 0.1) is 5.41 Å². The number of amides is 1. The molecule has 0 aromatic rings. The zero-order valence-electron chi connectivity index (χ0n) is 13.1. The van der Waals surface area contributed by atoms with Gasteiger partial charge in [-0.25, -0.2) is 0 Å². The Morgan fingerprint density at radius 1 is 1.33 bits per heavy atom. The van der Waals surface area contributed by atoms with Gasteiger partial charge in [-0.05, 0) is 51.1 Å². The van der Waals surface area contributed by atoms with Gasteiger partial charge in [0.25, 0.3) is 0 Å². The molecule has 0 radical (unpaired) electrons. The van der Waals surface area contributed by atoms with E-state index in [9.17, 15) is 14.7 Å². The number of piperidine rings is 1. The number of carbonyl (C=O) groups is 2. The van der Waals surface area contributed by atoms with Crippen molar-refractivity contribution < 1.29 is 14.7 Å². The number of hydrogen-bond donors (Lipinski definition) is 2. The largest absolute Gasteiger partial charge is 0.481 e. The van der Waals surface area contributed by atoms with Gasteiger partial charge < -0.3 is 15.3 Å². The standard InChI is InChI=1S/C16H28N2O3/c1-2-7-16(15(20)21)8-11-18(12-16)14(19)4-3-13-5-9-17-10-6-13/h13,17H,2-12H2,1H3,(H,20,21). The SMILES string of the molecule is CCCC1(C(=O)O)CCN(C(=O)CCC2CCNCC2)C1. The number of rotatable bonds is 6. The second kappa shape index (κ2) is 7.25. The van der Waals surface area contributed by atoms with Crippen LogP contribution in [0.15, 0.2) is 0 Å². The topological polar surface area (TPSA) is 69.6 Å². The van der Waals surface area contributed by atoms with Crippen molar-refractivity contribution >= 4 is 11.9 Å². The molecule has 1 unspecified atom stereocenters. The maximum atomic E-state index is 12.3. The number of carboxylic acids is 1. The van der Waals surface area contributed by atoms with E-state index in [1.54, 1.807) is 4.90 Å². The minimum absolute atomic E-state index is 0.146. The quantitative estimate of drug-likeness (QED) is 0.785. The van der Waals surface area contributed by atoms with E-state index in [-0.39, 0.29) is 5.91 Å². The summed E-state index contributed by atoms with van der Waals surface area (Å²) in [5.41, 5.74) is -0.695. The maximum absolute atomic E-state index is 12.3. The molecule has 120 valence electrons. The number of carboxylic acid groups (broad SMARTS) is 1. The highest BCUT2D eigenvalue weighted by Crippen LogP contribution is 2.36. The number of aliphatic carboxylic acids is 1. The predicted octanol–water partition coefficient (Wildman–Crippen LogP) is 1.87. The zero-order valence-corrected chi connectivity index (χ0v) is 13.1. The van der Waals surface area contributed by atoms with Crippen LogP contribution < -0.4 is 5.32 Å². The molecule has 2 aliphatic heterocycles. The average molecular weight is 296 g/mol. The molecule has 2 fully saturated rings. The van der Waals surface area contributed by atoms with Crippen molar-refractivity contribution in [3.63, 3.8) is 0 Å². The van der Waals surface area contributed by atoms with E-state index in [0.717, 1.165) is 38.8 Å². The van der Waals surface area contributed by atoms with Crippen LogP contribution in [0.3, 0.4) is 0 Å². The first-order chi connectivity index (χ1) is 10.1. The van der Waals surface area contributed by atoms with Gasteiger partial charge in [-0.2, -0.15) is 0 Å². The Hall–Kier alpha value is -1.10. The van der Waals surface area contributed by atoms with E-state index in [2.05, 4.69) is 5.32 Å². The van der Waals surface area contributed by atoms with Crippen LogP contribution in [-0.2, 0) is 9.59 Å². The first kappa shape index (κ1) is 16.3. The highest BCUT2D eigenvalue weighted by atomic mass is 16.4. The summed E-state index contributed by atoms with van der Waals surface area (Å²) < 4.78 is 0. The minimum Gasteiger partial charge on any atom is -0.481 e. The molecule has 1 amide bonds. The molecule has 5 nitrogen and oxygen atoms in total. The van der Waals surface area contributed by atoms with E-state index < -0.39 is 11.4 Å².